The molecule has 0 aliphatic carbocycles. The smallest absolute Gasteiger partial charge is 0.247 e. The molecular formula is C20H26N4O2. The fraction of sp³-hybridized carbons (Fsp3) is 0.450. The molecule has 1 aromatic heterocycles. The highest BCUT2D eigenvalue weighted by Crippen LogP contribution is 2.25. The number of piperidine rings is 1. The van der Waals surface area contributed by atoms with Gasteiger partial charge in [-0.25, -0.2) is 4.98 Å². The van der Waals surface area contributed by atoms with Crippen LogP contribution in [0.3, 0.4) is 0 Å². The minimum atomic E-state index is -0.398. The van der Waals surface area contributed by atoms with Crippen LogP contribution in [0.4, 0.5) is 5.69 Å². The SMILES string of the molecule is Cc1ccc(-c2ncc[nH]2)cc1NC(=O)[C@H]1CCCCN1C(=O)C(C)C. The van der Waals surface area contributed by atoms with E-state index in [9.17, 15) is 9.59 Å². The van der Waals surface area contributed by atoms with Crippen molar-refractivity contribution in [2.45, 2.75) is 46.1 Å². The number of hydrogen-bond donors (Lipinski definition) is 2. The number of amides is 2. The lowest BCUT2D eigenvalue weighted by atomic mass is 9.99. The number of anilines is 1. The molecule has 1 aromatic carbocycles. The van der Waals surface area contributed by atoms with Crippen LogP contribution in [0.5, 0.6) is 0 Å². The molecule has 3 rings (SSSR count). The van der Waals surface area contributed by atoms with Crippen molar-refractivity contribution in [2.24, 2.45) is 5.92 Å². The van der Waals surface area contributed by atoms with Crippen molar-refractivity contribution in [1.82, 2.24) is 14.9 Å². The monoisotopic (exact) mass is 354 g/mol. The maximum absolute atomic E-state index is 12.9. The summed E-state index contributed by atoms with van der Waals surface area (Å²) in [5, 5.41) is 3.03. The summed E-state index contributed by atoms with van der Waals surface area (Å²) in [5.74, 6) is 0.589. The van der Waals surface area contributed by atoms with E-state index in [4.69, 9.17) is 0 Å². The van der Waals surface area contributed by atoms with Crippen molar-refractivity contribution < 1.29 is 9.59 Å². The van der Waals surface area contributed by atoms with Crippen molar-refractivity contribution in [3.8, 4) is 11.4 Å². The first-order chi connectivity index (χ1) is 12.5. The average Bonchev–Trinajstić information content (AvgIpc) is 3.17. The van der Waals surface area contributed by atoms with Gasteiger partial charge in [0.1, 0.15) is 11.9 Å². The van der Waals surface area contributed by atoms with Crippen molar-refractivity contribution in [3.63, 3.8) is 0 Å². The predicted molar refractivity (Wildman–Crippen MR) is 102 cm³/mol. The standard InChI is InChI=1S/C20H26N4O2/c1-13(2)20(26)24-11-5-4-6-17(24)19(25)23-16-12-15(8-7-14(16)3)18-21-9-10-22-18/h7-10,12-13,17H,4-6,11H2,1-3H3,(H,21,22)(H,23,25)/t17-/m1/s1. The second-order valence-electron chi connectivity index (χ2n) is 7.15. The number of H-pyrrole nitrogens is 1. The lowest BCUT2D eigenvalue weighted by Crippen LogP contribution is -2.51. The maximum atomic E-state index is 12.9. The van der Waals surface area contributed by atoms with Gasteiger partial charge in [0.15, 0.2) is 0 Å². The maximum Gasteiger partial charge on any atom is 0.247 e. The summed E-state index contributed by atoms with van der Waals surface area (Å²) < 4.78 is 0. The summed E-state index contributed by atoms with van der Waals surface area (Å²) in [5.41, 5.74) is 2.65. The Labute approximate surface area is 154 Å². The predicted octanol–water partition coefficient (Wildman–Crippen LogP) is 3.36. The third-order valence-electron chi connectivity index (χ3n) is 4.85. The quantitative estimate of drug-likeness (QED) is 0.884. The van der Waals surface area contributed by atoms with Crippen LogP contribution in [0.25, 0.3) is 11.4 Å². The van der Waals surface area contributed by atoms with Crippen LogP contribution in [0.2, 0.25) is 0 Å². The zero-order valence-electron chi connectivity index (χ0n) is 15.6. The molecule has 138 valence electrons. The fourth-order valence-electron chi connectivity index (χ4n) is 3.34. The van der Waals surface area contributed by atoms with Gasteiger partial charge in [-0.3, -0.25) is 9.59 Å². The van der Waals surface area contributed by atoms with Gasteiger partial charge in [0.05, 0.1) is 0 Å². The Hall–Kier alpha value is -2.63. The summed E-state index contributed by atoms with van der Waals surface area (Å²) in [4.78, 5) is 34.5. The van der Waals surface area contributed by atoms with E-state index in [-0.39, 0.29) is 17.7 Å². The first kappa shape index (κ1) is 18.2. The second-order valence-corrected chi connectivity index (χ2v) is 7.15. The van der Waals surface area contributed by atoms with Gasteiger partial charge in [-0.15, -0.1) is 0 Å². The molecule has 0 radical (unpaired) electrons. The van der Waals surface area contributed by atoms with Crippen LogP contribution in [0.1, 0.15) is 38.7 Å². The van der Waals surface area contributed by atoms with Gasteiger partial charge in [-0.2, -0.15) is 0 Å². The van der Waals surface area contributed by atoms with Crippen LogP contribution >= 0.6 is 0 Å². The number of nitrogens with one attached hydrogen (secondary N) is 2. The number of imidazole rings is 1. The summed E-state index contributed by atoms with van der Waals surface area (Å²) in [6.45, 7) is 6.37. The molecule has 26 heavy (non-hydrogen) atoms. The van der Waals surface area contributed by atoms with Crippen molar-refractivity contribution in [1.29, 1.82) is 0 Å². The highest BCUT2D eigenvalue weighted by atomic mass is 16.2. The van der Waals surface area contributed by atoms with Gasteiger partial charge in [-0.1, -0.05) is 26.0 Å². The van der Waals surface area contributed by atoms with Gasteiger partial charge in [0.2, 0.25) is 11.8 Å². The van der Waals surface area contributed by atoms with Gasteiger partial charge in [-0.05, 0) is 37.8 Å². The molecule has 0 spiro atoms. The van der Waals surface area contributed by atoms with Crippen LogP contribution in [-0.4, -0.2) is 39.3 Å². The second kappa shape index (κ2) is 7.72. The number of carbonyl (C=O) groups excluding carboxylic acids is 2. The molecule has 1 saturated heterocycles. The number of hydrogen-bond acceptors (Lipinski definition) is 3. The fourth-order valence-corrected chi connectivity index (χ4v) is 3.34. The molecule has 2 N–H and O–H groups in total. The Kier molecular flexibility index (Phi) is 5.40. The minimum absolute atomic E-state index is 0.0471. The molecule has 2 heterocycles. The zero-order valence-corrected chi connectivity index (χ0v) is 15.6. The molecule has 1 aliphatic heterocycles. The molecule has 1 fully saturated rings. The van der Waals surface area contributed by atoms with Crippen LogP contribution in [-0.2, 0) is 9.59 Å². The van der Waals surface area contributed by atoms with Gasteiger partial charge in [0, 0.05) is 36.1 Å². The normalized spacial score (nSPS) is 17.4. The largest absolute Gasteiger partial charge is 0.345 e. The van der Waals surface area contributed by atoms with Gasteiger partial charge < -0.3 is 15.2 Å². The Morgan fingerprint density at radius 1 is 1.31 bits per heavy atom. The van der Waals surface area contributed by atoms with Gasteiger partial charge >= 0.3 is 0 Å². The van der Waals surface area contributed by atoms with Gasteiger partial charge in [0.25, 0.3) is 0 Å². The molecule has 6 heteroatoms. The molecule has 1 aliphatic rings. The molecule has 2 aromatic rings. The average molecular weight is 354 g/mol. The van der Waals surface area contributed by atoms with Crippen molar-refractivity contribution in [2.75, 3.05) is 11.9 Å². The number of nitrogens with zero attached hydrogens (tertiary/aromatic N) is 2. The number of aryl methyl sites for hydroxylation is 1. The van der Waals surface area contributed by atoms with E-state index in [2.05, 4.69) is 15.3 Å². The van der Waals surface area contributed by atoms with E-state index in [1.807, 2.05) is 39.0 Å². The molecule has 0 saturated carbocycles. The molecule has 0 unspecified atom stereocenters. The third-order valence-corrected chi connectivity index (χ3v) is 4.85. The van der Waals surface area contributed by atoms with E-state index >= 15 is 0 Å². The van der Waals surface area contributed by atoms with E-state index in [0.29, 0.717) is 13.0 Å². The molecule has 6 nitrogen and oxygen atoms in total. The number of aromatic amines is 1. The van der Waals surface area contributed by atoms with E-state index in [1.54, 1.807) is 17.3 Å². The Balaban J connectivity index is 1.80. The molecule has 2 amide bonds. The Bertz CT molecular complexity index is 783. The summed E-state index contributed by atoms with van der Waals surface area (Å²) in [7, 11) is 0. The zero-order chi connectivity index (χ0) is 18.7. The van der Waals surface area contributed by atoms with E-state index in [0.717, 1.165) is 35.5 Å². The van der Waals surface area contributed by atoms with E-state index in [1.165, 1.54) is 0 Å². The van der Waals surface area contributed by atoms with Crippen LogP contribution < -0.4 is 5.32 Å². The number of aromatic nitrogens is 2. The Morgan fingerprint density at radius 2 is 2.12 bits per heavy atom. The van der Waals surface area contributed by atoms with Crippen molar-refractivity contribution >= 4 is 17.5 Å². The molecule has 1 atom stereocenters. The molecular weight excluding hydrogens is 328 g/mol. The number of rotatable bonds is 4. The highest BCUT2D eigenvalue weighted by molar-refractivity contribution is 5.98. The molecule has 0 bridgehead atoms. The Morgan fingerprint density at radius 3 is 2.81 bits per heavy atom. The van der Waals surface area contributed by atoms with E-state index < -0.39 is 6.04 Å². The topological polar surface area (TPSA) is 78.1 Å². The summed E-state index contributed by atoms with van der Waals surface area (Å²) in [6.07, 6.45) is 6.09. The number of benzene rings is 1. The minimum Gasteiger partial charge on any atom is -0.345 e. The van der Waals surface area contributed by atoms with Crippen LogP contribution in [0.15, 0.2) is 30.6 Å². The number of carbonyl (C=O) groups is 2. The van der Waals surface area contributed by atoms with Crippen molar-refractivity contribution in [3.05, 3.63) is 36.2 Å². The first-order valence-corrected chi connectivity index (χ1v) is 9.19. The first-order valence-electron chi connectivity index (χ1n) is 9.19. The lowest BCUT2D eigenvalue weighted by Gasteiger charge is -2.36. The number of likely N-dealkylation sites (tertiary alicyclic amines) is 1. The summed E-state index contributed by atoms with van der Waals surface area (Å²) in [6, 6.07) is 5.46. The third kappa shape index (κ3) is 3.79. The van der Waals surface area contributed by atoms with Crippen LogP contribution in [0, 0.1) is 12.8 Å². The highest BCUT2D eigenvalue weighted by Gasteiger charge is 2.33. The summed E-state index contributed by atoms with van der Waals surface area (Å²) >= 11 is 0. The lowest BCUT2D eigenvalue weighted by molar-refractivity contribution is -0.142.